The van der Waals surface area contributed by atoms with Crippen LogP contribution in [-0.2, 0) is 9.53 Å². The topological polar surface area (TPSA) is 72.5 Å². The molecule has 0 aromatic heterocycles. The number of esters is 1. The SMILES string of the molecule is CCOC(=O)C(F)(F)[C@H](O)[C@@H](N)C(C)C. The Morgan fingerprint density at radius 3 is 2.33 bits per heavy atom. The Kier molecular flexibility index (Phi) is 5.10. The maximum atomic E-state index is 13.2. The van der Waals surface area contributed by atoms with E-state index in [4.69, 9.17) is 5.73 Å². The first-order valence-electron chi connectivity index (χ1n) is 4.73. The number of hydrogen-bond acceptors (Lipinski definition) is 4. The Hall–Kier alpha value is -0.750. The van der Waals surface area contributed by atoms with Crippen LogP contribution in [0, 0.1) is 5.92 Å². The fourth-order valence-electron chi connectivity index (χ4n) is 0.954. The molecular weight excluding hydrogens is 208 g/mol. The van der Waals surface area contributed by atoms with E-state index in [-0.39, 0.29) is 12.5 Å². The van der Waals surface area contributed by atoms with Gasteiger partial charge in [-0.2, -0.15) is 8.78 Å². The number of hydrogen-bond donors (Lipinski definition) is 2. The summed E-state index contributed by atoms with van der Waals surface area (Å²) in [5.41, 5.74) is 5.34. The zero-order valence-corrected chi connectivity index (χ0v) is 9.04. The van der Waals surface area contributed by atoms with Gasteiger partial charge in [-0.25, -0.2) is 4.79 Å². The van der Waals surface area contributed by atoms with Crippen molar-refractivity contribution in [1.82, 2.24) is 0 Å². The van der Waals surface area contributed by atoms with E-state index < -0.39 is 24.0 Å². The van der Waals surface area contributed by atoms with Crippen LogP contribution in [0.25, 0.3) is 0 Å². The highest BCUT2D eigenvalue weighted by atomic mass is 19.3. The van der Waals surface area contributed by atoms with Crippen LogP contribution in [0.3, 0.4) is 0 Å². The molecule has 0 rings (SSSR count). The van der Waals surface area contributed by atoms with Crippen LogP contribution in [0.5, 0.6) is 0 Å². The Morgan fingerprint density at radius 1 is 1.53 bits per heavy atom. The minimum Gasteiger partial charge on any atom is -0.461 e. The van der Waals surface area contributed by atoms with Gasteiger partial charge in [-0.1, -0.05) is 13.8 Å². The van der Waals surface area contributed by atoms with Crippen molar-refractivity contribution in [1.29, 1.82) is 0 Å². The van der Waals surface area contributed by atoms with Gasteiger partial charge in [0.25, 0.3) is 0 Å². The largest absolute Gasteiger partial charge is 0.461 e. The minimum atomic E-state index is -3.96. The molecule has 0 bridgehead atoms. The molecule has 0 aliphatic heterocycles. The van der Waals surface area contributed by atoms with E-state index in [1.54, 1.807) is 13.8 Å². The fourth-order valence-corrected chi connectivity index (χ4v) is 0.954. The molecule has 3 N–H and O–H groups in total. The number of halogens is 2. The normalized spacial score (nSPS) is 16.3. The number of carbonyl (C=O) groups excluding carboxylic acids is 1. The van der Waals surface area contributed by atoms with Gasteiger partial charge in [0.2, 0.25) is 0 Å². The molecule has 0 aromatic carbocycles. The molecule has 6 heteroatoms. The van der Waals surface area contributed by atoms with Crippen molar-refractivity contribution in [3.8, 4) is 0 Å². The zero-order chi connectivity index (χ0) is 12.2. The number of rotatable bonds is 5. The Balaban J connectivity index is 4.63. The molecule has 0 fully saturated rings. The molecule has 0 heterocycles. The van der Waals surface area contributed by atoms with E-state index in [0.29, 0.717) is 0 Å². The van der Waals surface area contributed by atoms with Crippen molar-refractivity contribution in [3.05, 3.63) is 0 Å². The molecule has 0 spiro atoms. The van der Waals surface area contributed by atoms with Crippen LogP contribution in [0.15, 0.2) is 0 Å². The highest BCUT2D eigenvalue weighted by Crippen LogP contribution is 2.24. The molecule has 0 saturated carbocycles. The molecule has 0 radical (unpaired) electrons. The quantitative estimate of drug-likeness (QED) is 0.669. The molecule has 2 atom stereocenters. The monoisotopic (exact) mass is 225 g/mol. The smallest absolute Gasteiger partial charge is 0.379 e. The van der Waals surface area contributed by atoms with Crippen molar-refractivity contribution in [3.63, 3.8) is 0 Å². The lowest BCUT2D eigenvalue weighted by Gasteiger charge is -2.27. The second-order valence-corrected chi connectivity index (χ2v) is 3.61. The second kappa shape index (κ2) is 5.37. The summed E-state index contributed by atoms with van der Waals surface area (Å²) in [6, 6.07) is -1.18. The Morgan fingerprint density at radius 2 is 2.00 bits per heavy atom. The van der Waals surface area contributed by atoms with Crippen LogP contribution in [0.4, 0.5) is 8.78 Å². The van der Waals surface area contributed by atoms with E-state index in [1.807, 2.05) is 0 Å². The van der Waals surface area contributed by atoms with Gasteiger partial charge in [0, 0.05) is 6.04 Å². The molecule has 4 nitrogen and oxygen atoms in total. The first-order valence-corrected chi connectivity index (χ1v) is 4.73. The van der Waals surface area contributed by atoms with Crippen LogP contribution < -0.4 is 5.73 Å². The summed E-state index contributed by atoms with van der Waals surface area (Å²) in [6.45, 7) is 4.39. The molecule has 0 aliphatic rings. The predicted octanol–water partition coefficient (Wildman–Crippen LogP) is 0.529. The van der Waals surface area contributed by atoms with Gasteiger partial charge < -0.3 is 15.6 Å². The first kappa shape index (κ1) is 14.2. The highest BCUT2D eigenvalue weighted by molar-refractivity contribution is 5.78. The predicted molar refractivity (Wildman–Crippen MR) is 50.4 cm³/mol. The molecule has 0 saturated heterocycles. The van der Waals surface area contributed by atoms with Crippen molar-refractivity contribution >= 4 is 5.97 Å². The van der Waals surface area contributed by atoms with Gasteiger partial charge >= 0.3 is 11.9 Å². The number of carbonyl (C=O) groups is 1. The third kappa shape index (κ3) is 3.39. The number of aliphatic hydroxyl groups is 1. The lowest BCUT2D eigenvalue weighted by atomic mass is 9.95. The first-order chi connectivity index (χ1) is 6.75. The molecule has 0 amide bonds. The highest BCUT2D eigenvalue weighted by Gasteiger charge is 2.51. The van der Waals surface area contributed by atoms with Gasteiger partial charge in [0.05, 0.1) is 6.61 Å². The van der Waals surface area contributed by atoms with Crippen LogP contribution in [0.1, 0.15) is 20.8 Å². The van der Waals surface area contributed by atoms with E-state index in [1.165, 1.54) is 6.92 Å². The van der Waals surface area contributed by atoms with Crippen LogP contribution in [-0.4, -0.2) is 35.8 Å². The van der Waals surface area contributed by atoms with Gasteiger partial charge in [-0.3, -0.25) is 0 Å². The maximum absolute atomic E-state index is 13.2. The fraction of sp³-hybridized carbons (Fsp3) is 0.889. The average Bonchev–Trinajstić information content (AvgIpc) is 2.15. The van der Waals surface area contributed by atoms with Crippen molar-refractivity contribution in [2.75, 3.05) is 6.61 Å². The molecule has 0 unspecified atom stereocenters. The number of ether oxygens (including phenoxy) is 1. The van der Waals surface area contributed by atoms with Gasteiger partial charge in [0.15, 0.2) is 0 Å². The Bertz CT molecular complexity index is 221. The van der Waals surface area contributed by atoms with Crippen LogP contribution in [0.2, 0.25) is 0 Å². The van der Waals surface area contributed by atoms with E-state index >= 15 is 0 Å². The summed E-state index contributed by atoms with van der Waals surface area (Å²) in [5.74, 6) is -6.06. The summed E-state index contributed by atoms with van der Waals surface area (Å²) in [6.07, 6.45) is -2.23. The molecular formula is C9H17F2NO3. The minimum absolute atomic E-state index is 0.169. The van der Waals surface area contributed by atoms with E-state index in [0.717, 1.165) is 0 Å². The van der Waals surface area contributed by atoms with Crippen molar-refractivity contribution in [2.45, 2.75) is 38.8 Å². The molecule has 90 valence electrons. The van der Waals surface area contributed by atoms with Gasteiger partial charge in [0.1, 0.15) is 6.10 Å². The lowest BCUT2D eigenvalue weighted by molar-refractivity contribution is -0.191. The standard InChI is InChI=1S/C9H17F2NO3/c1-4-15-8(14)9(10,11)7(13)6(12)5(2)3/h5-7,13H,4,12H2,1-3H3/t6-,7+/m0/s1. The third-order valence-corrected chi connectivity index (χ3v) is 2.05. The molecule has 0 aromatic rings. The molecule has 0 aliphatic carbocycles. The number of nitrogens with two attached hydrogens (primary N) is 1. The lowest BCUT2D eigenvalue weighted by Crippen LogP contribution is -2.54. The van der Waals surface area contributed by atoms with E-state index in [2.05, 4.69) is 4.74 Å². The van der Waals surface area contributed by atoms with E-state index in [9.17, 15) is 18.7 Å². The molecule has 15 heavy (non-hydrogen) atoms. The summed E-state index contributed by atoms with van der Waals surface area (Å²) in [4.78, 5) is 10.8. The summed E-state index contributed by atoms with van der Waals surface area (Å²) in [7, 11) is 0. The van der Waals surface area contributed by atoms with Gasteiger partial charge in [-0.15, -0.1) is 0 Å². The van der Waals surface area contributed by atoms with Gasteiger partial charge in [-0.05, 0) is 12.8 Å². The second-order valence-electron chi connectivity index (χ2n) is 3.61. The van der Waals surface area contributed by atoms with Crippen molar-refractivity contribution in [2.24, 2.45) is 11.7 Å². The zero-order valence-electron chi connectivity index (χ0n) is 9.04. The summed E-state index contributed by atoms with van der Waals surface area (Å²) < 4.78 is 30.6. The average molecular weight is 225 g/mol. The Labute approximate surface area is 87.4 Å². The maximum Gasteiger partial charge on any atom is 0.379 e. The summed E-state index contributed by atoms with van der Waals surface area (Å²) >= 11 is 0. The number of aliphatic hydroxyl groups excluding tert-OH is 1. The van der Waals surface area contributed by atoms with Crippen molar-refractivity contribution < 1.29 is 23.4 Å². The number of alkyl halides is 2. The third-order valence-electron chi connectivity index (χ3n) is 2.05. The van der Waals surface area contributed by atoms with Crippen LogP contribution >= 0.6 is 0 Å². The summed E-state index contributed by atoms with van der Waals surface area (Å²) in [5, 5.41) is 9.24.